The van der Waals surface area contributed by atoms with Gasteiger partial charge < -0.3 is 18.9 Å². The van der Waals surface area contributed by atoms with E-state index in [1.807, 2.05) is 0 Å². The summed E-state index contributed by atoms with van der Waals surface area (Å²) >= 11 is 0. The molecular formula is C26H28F6N2O6. The normalized spacial score (nSPS) is 17.1. The Morgan fingerprint density at radius 2 is 1.48 bits per heavy atom. The summed E-state index contributed by atoms with van der Waals surface area (Å²) in [6.45, 7) is 2.68. The summed E-state index contributed by atoms with van der Waals surface area (Å²) in [5.41, 5.74) is -2.88. The van der Waals surface area contributed by atoms with Gasteiger partial charge in [0, 0.05) is 24.2 Å². The predicted octanol–water partition coefficient (Wildman–Crippen LogP) is 6.81. The lowest BCUT2D eigenvalue weighted by atomic mass is 9.90. The summed E-state index contributed by atoms with van der Waals surface area (Å²) in [6.07, 6.45) is -11.8. The summed E-state index contributed by atoms with van der Waals surface area (Å²) in [6, 6.07) is 2.52. The molecule has 2 aromatic rings. The van der Waals surface area contributed by atoms with E-state index in [9.17, 15) is 35.9 Å². The fraction of sp³-hybridized carbons (Fsp3) is 0.462. The smallest absolute Gasteiger partial charge is 0.416 e. The van der Waals surface area contributed by atoms with Gasteiger partial charge >= 0.3 is 24.5 Å². The molecule has 40 heavy (non-hydrogen) atoms. The minimum atomic E-state index is -5.07. The van der Waals surface area contributed by atoms with Crippen molar-refractivity contribution in [2.75, 3.05) is 32.8 Å². The van der Waals surface area contributed by atoms with Crippen LogP contribution in [0.25, 0.3) is 0 Å². The number of amides is 2. The van der Waals surface area contributed by atoms with E-state index in [0.29, 0.717) is 17.7 Å². The van der Waals surface area contributed by atoms with Crippen LogP contribution in [0.15, 0.2) is 30.3 Å². The molecule has 0 fully saturated rings. The van der Waals surface area contributed by atoms with E-state index in [0.717, 1.165) is 12.0 Å². The van der Waals surface area contributed by atoms with Crippen molar-refractivity contribution in [3.05, 3.63) is 52.6 Å². The average molecular weight is 579 g/mol. The molecule has 8 nitrogen and oxygen atoms in total. The predicted molar refractivity (Wildman–Crippen MR) is 130 cm³/mol. The largest absolute Gasteiger partial charge is 0.493 e. The van der Waals surface area contributed by atoms with E-state index in [-0.39, 0.29) is 36.3 Å². The number of carbonyl (C=O) groups is 2. The number of alkyl halides is 6. The topological polar surface area (TPSA) is 77.5 Å². The molecule has 0 bridgehead atoms. The highest BCUT2D eigenvalue weighted by Crippen LogP contribution is 2.47. The Balaban J connectivity index is 2.20. The zero-order valence-electron chi connectivity index (χ0n) is 22.3. The zero-order chi connectivity index (χ0) is 30.0. The van der Waals surface area contributed by atoms with Crippen LogP contribution in [0.2, 0.25) is 0 Å². The molecule has 1 aliphatic heterocycles. The van der Waals surface area contributed by atoms with Crippen molar-refractivity contribution in [1.82, 2.24) is 4.90 Å². The van der Waals surface area contributed by atoms with Crippen LogP contribution in [0.1, 0.15) is 48.6 Å². The van der Waals surface area contributed by atoms with Crippen molar-refractivity contribution in [1.29, 1.82) is 0 Å². The summed E-state index contributed by atoms with van der Waals surface area (Å²) in [4.78, 5) is 28.2. The van der Waals surface area contributed by atoms with Gasteiger partial charge in [-0.3, -0.25) is 9.80 Å². The van der Waals surface area contributed by atoms with Crippen molar-refractivity contribution in [2.24, 2.45) is 0 Å². The number of carbonyl (C=O) groups excluding carboxylic acids is 2. The van der Waals surface area contributed by atoms with Crippen molar-refractivity contribution >= 4 is 17.9 Å². The van der Waals surface area contributed by atoms with Crippen molar-refractivity contribution in [3.8, 4) is 11.5 Å². The van der Waals surface area contributed by atoms with Crippen molar-refractivity contribution in [2.45, 2.75) is 51.2 Å². The summed E-state index contributed by atoms with van der Waals surface area (Å²) in [7, 11) is 3.76. The maximum absolute atomic E-state index is 13.5. The Bertz CT molecular complexity index is 1220. The van der Waals surface area contributed by atoms with Gasteiger partial charge in [0.1, 0.15) is 0 Å². The maximum atomic E-state index is 13.5. The standard InChI is InChI=1S/C26H28F6N2O6/c1-6-40-24(36)34-14(2)7-19(18-11-21(37-3)22(38-4)12-20(18)34)33(23(35)39-5)13-15-8-16(25(27,28)29)10-17(9-15)26(30,31)32/h8-12,14,19H,6-7,13H2,1-5H3. The maximum Gasteiger partial charge on any atom is 0.416 e. The van der Waals surface area contributed by atoms with Gasteiger partial charge in [-0.05, 0) is 50.1 Å². The molecule has 2 unspecified atom stereocenters. The highest BCUT2D eigenvalue weighted by molar-refractivity contribution is 5.91. The Morgan fingerprint density at radius 3 is 1.95 bits per heavy atom. The first-order chi connectivity index (χ1) is 18.7. The fourth-order valence-corrected chi connectivity index (χ4v) is 4.65. The third kappa shape index (κ3) is 6.31. The van der Waals surface area contributed by atoms with E-state index in [1.54, 1.807) is 13.8 Å². The Morgan fingerprint density at radius 1 is 0.925 bits per heavy atom. The molecule has 1 aliphatic rings. The minimum Gasteiger partial charge on any atom is -0.493 e. The van der Waals surface area contributed by atoms with E-state index < -0.39 is 59.9 Å². The minimum absolute atomic E-state index is 0.0122. The van der Waals surface area contributed by atoms with Crippen LogP contribution < -0.4 is 14.4 Å². The van der Waals surface area contributed by atoms with Gasteiger partial charge in [0.25, 0.3) is 0 Å². The average Bonchev–Trinajstić information content (AvgIpc) is 2.89. The van der Waals surface area contributed by atoms with Crippen LogP contribution in [0.5, 0.6) is 11.5 Å². The third-order valence-electron chi connectivity index (χ3n) is 6.41. The molecule has 1 heterocycles. The SMILES string of the molecule is CCOC(=O)N1c2cc(OC)c(OC)cc2C(N(Cc2cc(C(F)(F)F)cc(C(F)(F)F)c2)C(=O)OC)CC1C. The Hall–Kier alpha value is -3.84. The lowest BCUT2D eigenvalue weighted by Crippen LogP contribution is -2.47. The number of rotatable bonds is 6. The molecule has 0 aliphatic carbocycles. The number of ether oxygens (including phenoxy) is 4. The molecule has 0 N–H and O–H groups in total. The second-order valence-electron chi connectivity index (χ2n) is 8.95. The van der Waals surface area contributed by atoms with Gasteiger partial charge in [-0.15, -0.1) is 0 Å². The van der Waals surface area contributed by atoms with Crippen molar-refractivity contribution in [3.63, 3.8) is 0 Å². The second kappa shape index (κ2) is 11.7. The van der Waals surface area contributed by atoms with Gasteiger partial charge in [-0.2, -0.15) is 26.3 Å². The van der Waals surface area contributed by atoms with Crippen LogP contribution in [-0.2, 0) is 28.4 Å². The molecule has 0 spiro atoms. The lowest BCUT2D eigenvalue weighted by molar-refractivity contribution is -0.143. The van der Waals surface area contributed by atoms with E-state index in [4.69, 9.17) is 18.9 Å². The van der Waals surface area contributed by atoms with Gasteiger partial charge in [-0.1, -0.05) is 0 Å². The van der Waals surface area contributed by atoms with Gasteiger partial charge in [0.05, 0.1) is 50.8 Å². The number of benzene rings is 2. The molecule has 2 amide bonds. The number of fused-ring (bicyclic) bond motifs is 1. The third-order valence-corrected chi connectivity index (χ3v) is 6.41. The monoisotopic (exact) mass is 578 g/mol. The number of nitrogens with zero attached hydrogens (tertiary/aromatic N) is 2. The first-order valence-electron chi connectivity index (χ1n) is 12.0. The number of anilines is 1. The van der Waals surface area contributed by atoms with E-state index in [2.05, 4.69) is 0 Å². The first-order valence-corrected chi connectivity index (χ1v) is 12.0. The summed E-state index contributed by atoms with van der Waals surface area (Å²) in [5, 5.41) is 0. The number of hydrogen-bond acceptors (Lipinski definition) is 6. The number of halogens is 6. The molecule has 0 saturated carbocycles. The highest BCUT2D eigenvalue weighted by Gasteiger charge is 2.41. The lowest BCUT2D eigenvalue weighted by Gasteiger charge is -2.42. The van der Waals surface area contributed by atoms with E-state index in [1.165, 1.54) is 31.3 Å². The van der Waals surface area contributed by atoms with Crippen LogP contribution in [-0.4, -0.2) is 51.1 Å². The molecule has 0 radical (unpaired) electrons. The Kier molecular flexibility index (Phi) is 9.00. The van der Waals surface area contributed by atoms with Crippen LogP contribution in [0.4, 0.5) is 41.6 Å². The summed E-state index contributed by atoms with van der Waals surface area (Å²) < 4.78 is 102. The molecule has 220 valence electrons. The zero-order valence-corrected chi connectivity index (χ0v) is 22.3. The van der Waals surface area contributed by atoms with Gasteiger partial charge in [-0.25, -0.2) is 9.59 Å². The molecule has 3 rings (SSSR count). The molecule has 0 saturated heterocycles. The van der Waals surface area contributed by atoms with Crippen LogP contribution >= 0.6 is 0 Å². The first kappa shape index (κ1) is 30.7. The van der Waals surface area contributed by atoms with E-state index >= 15 is 0 Å². The molecular weight excluding hydrogens is 550 g/mol. The molecule has 2 atom stereocenters. The number of methoxy groups -OCH3 is 3. The van der Waals surface area contributed by atoms with Crippen molar-refractivity contribution < 1.29 is 54.9 Å². The van der Waals surface area contributed by atoms with Gasteiger partial charge in [0.2, 0.25) is 0 Å². The summed E-state index contributed by atoms with van der Waals surface area (Å²) in [5.74, 6) is 0.452. The molecule has 2 aromatic carbocycles. The molecule has 0 aromatic heterocycles. The van der Waals surface area contributed by atoms with Gasteiger partial charge in [0.15, 0.2) is 11.5 Å². The fourth-order valence-electron chi connectivity index (χ4n) is 4.65. The van der Waals surface area contributed by atoms with Crippen LogP contribution in [0.3, 0.4) is 0 Å². The second-order valence-corrected chi connectivity index (χ2v) is 8.95. The quantitative estimate of drug-likeness (QED) is 0.351. The number of hydrogen-bond donors (Lipinski definition) is 0. The van der Waals surface area contributed by atoms with Crippen LogP contribution in [0, 0.1) is 0 Å². The molecule has 14 heteroatoms. The Labute approximate surface area is 226 Å². The highest BCUT2D eigenvalue weighted by atomic mass is 19.4.